The number of rotatable bonds is 1. The Bertz CT molecular complexity index is 803. The maximum atomic E-state index is 4.72. The van der Waals surface area contributed by atoms with Gasteiger partial charge < -0.3 is 9.47 Å². The zero-order chi connectivity index (χ0) is 15.5. The van der Waals surface area contributed by atoms with E-state index < -0.39 is 0 Å². The van der Waals surface area contributed by atoms with Crippen molar-refractivity contribution in [2.45, 2.75) is 39.2 Å². The first-order valence-corrected chi connectivity index (χ1v) is 8.34. The van der Waals surface area contributed by atoms with Crippen LogP contribution in [0.15, 0.2) is 12.5 Å². The Hall–Kier alpha value is -1.89. The van der Waals surface area contributed by atoms with Crippen LogP contribution in [0.3, 0.4) is 0 Å². The number of nitrogens with zero attached hydrogens (tertiary/aromatic N) is 6. The van der Waals surface area contributed by atoms with Crippen molar-refractivity contribution < 1.29 is 0 Å². The van der Waals surface area contributed by atoms with Crippen molar-refractivity contribution in [3.05, 3.63) is 29.6 Å². The first-order valence-electron chi connectivity index (χ1n) is 7.52. The van der Waals surface area contributed by atoms with Crippen molar-refractivity contribution in [3.63, 3.8) is 0 Å². The molecule has 0 spiro atoms. The van der Waals surface area contributed by atoms with E-state index in [1.54, 1.807) is 11.3 Å². The summed E-state index contributed by atoms with van der Waals surface area (Å²) < 4.78 is 4.03. The maximum Gasteiger partial charge on any atom is 0.214 e. The molecule has 0 N–H and O–H groups in total. The fourth-order valence-corrected chi connectivity index (χ4v) is 3.71. The first-order chi connectivity index (χ1) is 10.4. The Labute approximate surface area is 133 Å². The fraction of sp³-hybridized carbons (Fsp3) is 0.533. The van der Waals surface area contributed by atoms with E-state index in [1.165, 1.54) is 5.69 Å². The van der Waals surface area contributed by atoms with Crippen LogP contribution in [0, 0.1) is 0 Å². The molecule has 4 heterocycles. The van der Waals surface area contributed by atoms with E-state index in [4.69, 9.17) is 10.1 Å². The van der Waals surface area contributed by atoms with Crippen LogP contribution in [0.2, 0.25) is 0 Å². The third-order valence-electron chi connectivity index (χ3n) is 4.18. The highest BCUT2D eigenvalue weighted by Gasteiger charge is 2.24. The van der Waals surface area contributed by atoms with Crippen LogP contribution in [0.4, 0.5) is 5.13 Å². The van der Waals surface area contributed by atoms with E-state index in [0.29, 0.717) is 0 Å². The van der Waals surface area contributed by atoms with Gasteiger partial charge in [0.25, 0.3) is 0 Å². The smallest absolute Gasteiger partial charge is 0.214 e. The SMILES string of the molecule is Cn1cnc2c1CCN(c1nn3cc(C(C)(C)C)nc3s1)C2. The summed E-state index contributed by atoms with van der Waals surface area (Å²) in [6.07, 6.45) is 4.96. The van der Waals surface area contributed by atoms with Gasteiger partial charge in [-0.1, -0.05) is 32.1 Å². The topological polar surface area (TPSA) is 51.2 Å². The summed E-state index contributed by atoms with van der Waals surface area (Å²) >= 11 is 1.65. The number of imidazole rings is 2. The summed E-state index contributed by atoms with van der Waals surface area (Å²) in [6.45, 7) is 8.34. The molecule has 0 unspecified atom stereocenters. The molecular formula is C15H20N6S. The molecule has 7 heteroatoms. The van der Waals surface area contributed by atoms with Crippen LogP contribution in [-0.2, 0) is 25.4 Å². The largest absolute Gasteiger partial charge is 0.340 e. The number of hydrogen-bond acceptors (Lipinski definition) is 5. The van der Waals surface area contributed by atoms with Crippen molar-refractivity contribution >= 4 is 21.4 Å². The molecule has 0 radical (unpaired) electrons. The predicted molar refractivity (Wildman–Crippen MR) is 87.5 cm³/mol. The van der Waals surface area contributed by atoms with Gasteiger partial charge in [0.05, 0.1) is 30.5 Å². The van der Waals surface area contributed by atoms with Crippen LogP contribution in [0.5, 0.6) is 0 Å². The molecule has 0 saturated carbocycles. The minimum atomic E-state index is 0.0571. The van der Waals surface area contributed by atoms with E-state index >= 15 is 0 Å². The van der Waals surface area contributed by atoms with E-state index in [9.17, 15) is 0 Å². The first kappa shape index (κ1) is 13.8. The van der Waals surface area contributed by atoms with Gasteiger partial charge in [0.15, 0.2) is 0 Å². The molecule has 1 aliphatic heterocycles. The summed E-state index contributed by atoms with van der Waals surface area (Å²) in [4.78, 5) is 12.5. The van der Waals surface area contributed by atoms with Crippen LogP contribution in [-0.4, -0.2) is 30.7 Å². The van der Waals surface area contributed by atoms with E-state index in [1.807, 2.05) is 17.0 Å². The zero-order valence-electron chi connectivity index (χ0n) is 13.4. The Balaban J connectivity index is 1.64. The molecule has 0 bridgehead atoms. The third kappa shape index (κ3) is 2.11. The lowest BCUT2D eigenvalue weighted by molar-refractivity contribution is 0.572. The molecule has 6 nitrogen and oxygen atoms in total. The maximum absolute atomic E-state index is 4.72. The standard InChI is InChI=1S/C15H20N6S/c1-15(2,3)12-8-21-13(17-12)22-14(18-21)20-6-5-11-10(7-20)16-9-19(11)4/h8-9H,5-7H2,1-4H3. The van der Waals surface area contributed by atoms with Crippen LogP contribution in [0.25, 0.3) is 4.96 Å². The van der Waals surface area contributed by atoms with Gasteiger partial charge in [0, 0.05) is 31.1 Å². The van der Waals surface area contributed by atoms with Gasteiger partial charge in [-0.25, -0.2) is 14.5 Å². The molecular weight excluding hydrogens is 296 g/mol. The molecule has 0 amide bonds. The lowest BCUT2D eigenvalue weighted by Gasteiger charge is -2.25. The zero-order valence-corrected chi connectivity index (χ0v) is 14.2. The second kappa shape index (κ2) is 4.55. The minimum Gasteiger partial charge on any atom is -0.340 e. The van der Waals surface area contributed by atoms with Crippen molar-refractivity contribution in [1.82, 2.24) is 24.1 Å². The molecule has 0 atom stereocenters. The Morgan fingerprint density at radius 2 is 2.09 bits per heavy atom. The highest BCUT2D eigenvalue weighted by Crippen LogP contribution is 2.30. The van der Waals surface area contributed by atoms with Gasteiger partial charge in [-0.15, -0.1) is 5.10 Å². The predicted octanol–water partition coefficient (Wildman–Crippen LogP) is 2.38. The quantitative estimate of drug-likeness (QED) is 0.692. The molecule has 116 valence electrons. The van der Waals surface area contributed by atoms with Gasteiger partial charge in [0.1, 0.15) is 0 Å². The Kier molecular flexibility index (Phi) is 2.84. The normalized spacial score (nSPS) is 15.5. The van der Waals surface area contributed by atoms with Crippen molar-refractivity contribution in [1.29, 1.82) is 0 Å². The summed E-state index contributed by atoms with van der Waals surface area (Å²) in [5.74, 6) is 0. The Morgan fingerprint density at radius 3 is 2.82 bits per heavy atom. The molecule has 3 aromatic rings. The van der Waals surface area contributed by atoms with Crippen molar-refractivity contribution in [2.75, 3.05) is 11.4 Å². The summed E-state index contributed by atoms with van der Waals surface area (Å²) in [6, 6.07) is 0. The van der Waals surface area contributed by atoms with Gasteiger partial charge in [-0.2, -0.15) is 0 Å². The van der Waals surface area contributed by atoms with E-state index in [-0.39, 0.29) is 5.41 Å². The molecule has 0 aliphatic carbocycles. The summed E-state index contributed by atoms with van der Waals surface area (Å²) in [5, 5.41) is 5.74. The monoisotopic (exact) mass is 316 g/mol. The molecule has 3 aromatic heterocycles. The molecule has 0 aromatic carbocycles. The molecule has 0 fully saturated rings. The number of anilines is 1. The number of aryl methyl sites for hydroxylation is 1. The fourth-order valence-electron chi connectivity index (χ4n) is 2.80. The van der Waals surface area contributed by atoms with Gasteiger partial charge >= 0.3 is 0 Å². The Morgan fingerprint density at radius 1 is 1.27 bits per heavy atom. The van der Waals surface area contributed by atoms with Gasteiger partial charge in [-0.05, 0) is 0 Å². The number of fused-ring (bicyclic) bond motifs is 2. The van der Waals surface area contributed by atoms with Crippen LogP contribution in [0.1, 0.15) is 37.9 Å². The van der Waals surface area contributed by atoms with Gasteiger partial charge in [0.2, 0.25) is 10.1 Å². The second-order valence-electron chi connectivity index (χ2n) is 6.91. The lowest BCUT2D eigenvalue weighted by atomic mass is 9.93. The van der Waals surface area contributed by atoms with Crippen molar-refractivity contribution in [3.8, 4) is 0 Å². The second-order valence-corrected chi connectivity index (χ2v) is 7.84. The highest BCUT2D eigenvalue weighted by molar-refractivity contribution is 7.20. The molecule has 22 heavy (non-hydrogen) atoms. The summed E-state index contributed by atoms with van der Waals surface area (Å²) in [7, 11) is 2.06. The van der Waals surface area contributed by atoms with E-state index in [2.05, 4.69) is 42.3 Å². The van der Waals surface area contributed by atoms with Crippen LogP contribution < -0.4 is 4.90 Å². The summed E-state index contributed by atoms with van der Waals surface area (Å²) in [5.41, 5.74) is 3.65. The lowest BCUT2D eigenvalue weighted by Crippen LogP contribution is -2.31. The average molecular weight is 316 g/mol. The van der Waals surface area contributed by atoms with Crippen molar-refractivity contribution in [2.24, 2.45) is 7.05 Å². The minimum absolute atomic E-state index is 0.0571. The average Bonchev–Trinajstić information content (AvgIpc) is 3.10. The number of aromatic nitrogens is 5. The highest BCUT2D eigenvalue weighted by atomic mass is 32.1. The third-order valence-corrected chi connectivity index (χ3v) is 5.16. The van der Waals surface area contributed by atoms with E-state index in [0.717, 1.165) is 41.0 Å². The van der Waals surface area contributed by atoms with Gasteiger partial charge in [-0.3, -0.25) is 0 Å². The number of hydrogen-bond donors (Lipinski definition) is 0. The molecule has 4 rings (SSSR count). The molecule has 1 aliphatic rings. The molecule has 0 saturated heterocycles. The van der Waals surface area contributed by atoms with Crippen LogP contribution >= 0.6 is 11.3 Å².